The van der Waals surface area contributed by atoms with Crippen molar-refractivity contribution in [2.45, 2.75) is 13.8 Å². The third kappa shape index (κ3) is 4.63. The Morgan fingerprint density at radius 3 is 2.44 bits per heavy atom. The number of hydrogen-bond acceptors (Lipinski definition) is 6. The van der Waals surface area contributed by atoms with Crippen LogP contribution in [0.5, 0.6) is 17.2 Å². The third-order valence-corrected chi connectivity index (χ3v) is 5.85. The molecule has 1 N–H and O–H groups in total. The van der Waals surface area contributed by atoms with Gasteiger partial charge in [0.2, 0.25) is 0 Å². The highest BCUT2D eigenvalue weighted by molar-refractivity contribution is 6.32. The van der Waals surface area contributed by atoms with Crippen molar-refractivity contribution < 1.29 is 14.2 Å². The number of aryl methyl sites for hydroxylation is 1. The van der Waals surface area contributed by atoms with Gasteiger partial charge in [0.25, 0.3) is 0 Å². The minimum Gasteiger partial charge on any atom is -0.495 e. The number of benzene rings is 3. The van der Waals surface area contributed by atoms with Gasteiger partial charge >= 0.3 is 0 Å². The molecule has 6 nitrogen and oxygen atoms in total. The summed E-state index contributed by atoms with van der Waals surface area (Å²) in [6.45, 7) is 4.74. The first kappa shape index (κ1) is 23.7. The second kappa shape index (κ2) is 10.3. The van der Waals surface area contributed by atoms with Gasteiger partial charge in [-0.1, -0.05) is 11.6 Å². The van der Waals surface area contributed by atoms with Crippen molar-refractivity contribution in [1.82, 2.24) is 4.98 Å². The van der Waals surface area contributed by atoms with Gasteiger partial charge in [-0.2, -0.15) is 5.26 Å². The predicted molar refractivity (Wildman–Crippen MR) is 137 cm³/mol. The van der Waals surface area contributed by atoms with Crippen molar-refractivity contribution in [2.24, 2.45) is 0 Å². The molecule has 0 saturated carbocycles. The Morgan fingerprint density at radius 1 is 1.03 bits per heavy atom. The van der Waals surface area contributed by atoms with Gasteiger partial charge in [0.05, 0.1) is 41.4 Å². The molecule has 0 spiro atoms. The number of nitrogens with zero attached hydrogens (tertiary/aromatic N) is 2. The lowest BCUT2D eigenvalue weighted by molar-refractivity contribution is 0.289. The van der Waals surface area contributed by atoms with E-state index in [0.717, 1.165) is 32.9 Å². The molecule has 34 heavy (non-hydrogen) atoms. The van der Waals surface area contributed by atoms with Crippen LogP contribution in [0.2, 0.25) is 5.02 Å². The monoisotopic (exact) mass is 495 g/mol. The molecule has 4 aromatic rings. The maximum Gasteiger partial charge on any atom is 0.161 e. The van der Waals surface area contributed by atoms with Crippen LogP contribution in [-0.4, -0.2) is 31.2 Å². The second-order valence-electron chi connectivity index (χ2n) is 7.57. The highest BCUT2D eigenvalue weighted by atomic mass is 35.5. The summed E-state index contributed by atoms with van der Waals surface area (Å²) in [5.41, 5.74) is 3.51. The average molecular weight is 496 g/mol. The predicted octanol–water partition coefficient (Wildman–Crippen LogP) is 6.99. The lowest BCUT2D eigenvalue weighted by Crippen LogP contribution is -2.02. The van der Waals surface area contributed by atoms with E-state index in [-0.39, 0.29) is 0 Å². The smallest absolute Gasteiger partial charge is 0.161 e. The molecular weight excluding hydrogens is 473 g/mol. The standard InChI is InChI=1S/C26H23Cl2N3O3/c1-4-33-24-10-16-8-19-22(9-17(16)11-25(24)34-6-5-27)30-14-18(13-29)26(19)31-21-12-23(32-3)20(28)7-15(21)2/h7-12,14H,4-6H2,1-3H3,(H,30,31). The number of fused-ring (bicyclic) bond motifs is 2. The first-order valence-electron chi connectivity index (χ1n) is 10.7. The lowest BCUT2D eigenvalue weighted by atomic mass is 10.0. The maximum atomic E-state index is 9.79. The summed E-state index contributed by atoms with van der Waals surface area (Å²) < 4.78 is 17.0. The third-order valence-electron chi connectivity index (χ3n) is 5.40. The zero-order valence-electron chi connectivity index (χ0n) is 19.0. The molecule has 0 fully saturated rings. The van der Waals surface area contributed by atoms with E-state index in [2.05, 4.69) is 16.4 Å². The number of halogens is 2. The number of aromatic nitrogens is 1. The number of ether oxygens (including phenoxy) is 3. The van der Waals surface area contributed by atoms with E-state index in [4.69, 9.17) is 37.4 Å². The van der Waals surface area contributed by atoms with E-state index >= 15 is 0 Å². The molecule has 4 rings (SSSR count). The van der Waals surface area contributed by atoms with Gasteiger partial charge in [-0.25, -0.2) is 0 Å². The molecule has 0 unspecified atom stereocenters. The summed E-state index contributed by atoms with van der Waals surface area (Å²) in [5, 5.41) is 16.4. The van der Waals surface area contributed by atoms with Gasteiger partial charge in [-0.05, 0) is 60.5 Å². The normalized spacial score (nSPS) is 10.8. The molecule has 174 valence electrons. The Balaban J connectivity index is 1.90. The van der Waals surface area contributed by atoms with Gasteiger partial charge < -0.3 is 19.5 Å². The van der Waals surface area contributed by atoms with E-state index in [9.17, 15) is 5.26 Å². The van der Waals surface area contributed by atoms with Crippen LogP contribution in [0.15, 0.2) is 42.6 Å². The Kier molecular flexibility index (Phi) is 7.16. The largest absolute Gasteiger partial charge is 0.495 e. The summed E-state index contributed by atoms with van der Waals surface area (Å²) in [6.07, 6.45) is 1.57. The summed E-state index contributed by atoms with van der Waals surface area (Å²) in [7, 11) is 1.57. The Hall–Kier alpha value is -3.40. The summed E-state index contributed by atoms with van der Waals surface area (Å²) in [5.74, 6) is 2.19. The van der Waals surface area contributed by atoms with Gasteiger partial charge in [-0.15, -0.1) is 11.6 Å². The fraction of sp³-hybridized carbons (Fsp3) is 0.231. The van der Waals surface area contributed by atoms with Crippen molar-refractivity contribution in [2.75, 3.05) is 31.5 Å². The fourth-order valence-corrected chi connectivity index (χ4v) is 4.15. The number of hydrogen-bond donors (Lipinski definition) is 1. The first-order chi connectivity index (χ1) is 16.5. The van der Waals surface area contributed by atoms with Crippen LogP contribution in [0.1, 0.15) is 18.1 Å². The Morgan fingerprint density at radius 2 is 1.76 bits per heavy atom. The first-order valence-corrected chi connectivity index (χ1v) is 11.6. The number of rotatable bonds is 8. The van der Waals surface area contributed by atoms with Crippen molar-refractivity contribution in [3.05, 3.63) is 58.7 Å². The van der Waals surface area contributed by atoms with E-state index in [1.807, 2.05) is 50.2 Å². The zero-order valence-corrected chi connectivity index (χ0v) is 20.5. The number of pyridine rings is 1. The van der Waals surface area contributed by atoms with Crippen LogP contribution in [0.25, 0.3) is 21.7 Å². The van der Waals surface area contributed by atoms with E-state index in [0.29, 0.717) is 52.6 Å². The molecule has 0 saturated heterocycles. The number of nitriles is 1. The van der Waals surface area contributed by atoms with Crippen LogP contribution in [0.3, 0.4) is 0 Å². The van der Waals surface area contributed by atoms with Crippen molar-refractivity contribution in [3.63, 3.8) is 0 Å². The molecule has 0 atom stereocenters. The molecule has 0 amide bonds. The summed E-state index contributed by atoms with van der Waals surface area (Å²) >= 11 is 12.1. The molecule has 3 aromatic carbocycles. The molecule has 0 aliphatic rings. The van der Waals surface area contributed by atoms with Crippen molar-refractivity contribution >= 4 is 56.3 Å². The number of nitrogens with one attached hydrogen (secondary N) is 1. The van der Waals surface area contributed by atoms with Crippen LogP contribution in [-0.2, 0) is 0 Å². The SMILES string of the molecule is CCOc1cc2cc3c(Nc4cc(OC)c(Cl)cc4C)c(C#N)cnc3cc2cc1OCCCl. The molecular formula is C26H23Cl2N3O3. The van der Waals surface area contributed by atoms with Gasteiger partial charge in [0.1, 0.15) is 18.4 Å². The molecule has 0 aliphatic carbocycles. The number of anilines is 2. The Labute approximate surface area is 208 Å². The van der Waals surface area contributed by atoms with Crippen LogP contribution in [0.4, 0.5) is 11.4 Å². The van der Waals surface area contributed by atoms with E-state index in [1.165, 1.54) is 0 Å². The van der Waals surface area contributed by atoms with Crippen LogP contribution < -0.4 is 19.5 Å². The van der Waals surface area contributed by atoms with Crippen molar-refractivity contribution in [1.29, 1.82) is 5.26 Å². The zero-order chi connectivity index (χ0) is 24.2. The van der Waals surface area contributed by atoms with Gasteiger partial charge in [-0.3, -0.25) is 4.98 Å². The van der Waals surface area contributed by atoms with E-state index < -0.39 is 0 Å². The van der Waals surface area contributed by atoms with Crippen molar-refractivity contribution in [3.8, 4) is 23.3 Å². The highest BCUT2D eigenvalue weighted by Crippen LogP contribution is 2.39. The van der Waals surface area contributed by atoms with Gasteiger partial charge in [0.15, 0.2) is 11.5 Å². The Bertz CT molecular complexity index is 1420. The summed E-state index contributed by atoms with van der Waals surface area (Å²) in [6, 6.07) is 13.7. The fourth-order valence-electron chi connectivity index (χ4n) is 3.77. The average Bonchev–Trinajstić information content (AvgIpc) is 2.83. The molecule has 1 aromatic heterocycles. The molecule has 0 radical (unpaired) electrons. The quantitative estimate of drug-likeness (QED) is 0.209. The maximum absolute atomic E-state index is 9.79. The summed E-state index contributed by atoms with van der Waals surface area (Å²) in [4.78, 5) is 4.52. The highest BCUT2D eigenvalue weighted by Gasteiger charge is 2.15. The van der Waals surface area contributed by atoms with Crippen LogP contribution in [0, 0.1) is 18.3 Å². The minimum atomic E-state index is 0.377. The number of alkyl halides is 1. The lowest BCUT2D eigenvalue weighted by Gasteiger charge is -2.17. The number of methoxy groups -OCH3 is 1. The van der Waals surface area contributed by atoms with Gasteiger partial charge in [0, 0.05) is 23.3 Å². The van der Waals surface area contributed by atoms with Crippen LogP contribution >= 0.6 is 23.2 Å². The molecule has 0 aliphatic heterocycles. The van der Waals surface area contributed by atoms with E-state index in [1.54, 1.807) is 13.3 Å². The second-order valence-corrected chi connectivity index (χ2v) is 8.36. The molecule has 0 bridgehead atoms. The molecule has 1 heterocycles. The molecule has 8 heteroatoms. The minimum absolute atomic E-state index is 0.377. The topological polar surface area (TPSA) is 76.4 Å².